The Kier molecular flexibility index (Phi) is 6.38. The molecule has 0 N–H and O–H groups in total. The van der Waals surface area contributed by atoms with Crippen molar-refractivity contribution in [2.24, 2.45) is 0 Å². The molecule has 250 valence electrons. The Morgan fingerprint density at radius 2 is 0.943 bits per heavy atom. The van der Waals surface area contributed by atoms with Crippen molar-refractivity contribution in [3.63, 3.8) is 0 Å². The van der Waals surface area contributed by atoms with Gasteiger partial charge in [-0.05, 0) is 88.8 Å². The van der Waals surface area contributed by atoms with Crippen LogP contribution in [0.2, 0.25) is 0 Å². The second-order valence-corrected chi connectivity index (χ2v) is 14.2. The van der Waals surface area contributed by atoms with Crippen LogP contribution in [0.5, 0.6) is 0 Å². The molecule has 11 rings (SSSR count). The van der Waals surface area contributed by atoms with Gasteiger partial charge in [-0.15, -0.1) is 0 Å². The first kappa shape index (κ1) is 29.8. The van der Waals surface area contributed by atoms with E-state index in [1.54, 1.807) is 0 Å². The number of hydrogen-bond acceptors (Lipinski definition) is 3. The van der Waals surface area contributed by atoms with Gasteiger partial charge in [-0.2, -0.15) is 0 Å². The summed E-state index contributed by atoms with van der Waals surface area (Å²) in [5, 5.41) is 4.41. The number of rotatable bonds is 5. The Morgan fingerprint density at radius 1 is 0.377 bits per heavy atom. The lowest BCUT2D eigenvalue weighted by atomic mass is 9.74. The molecule has 2 aromatic heterocycles. The maximum atomic E-state index is 7.00. The van der Waals surface area contributed by atoms with Gasteiger partial charge in [0.25, 0.3) is 0 Å². The average Bonchev–Trinajstić information content (AvgIpc) is 3.87. The summed E-state index contributed by atoms with van der Waals surface area (Å²) in [5.74, 6) is 0. The standard InChI is InChI=1S/C50H33NO2/c1-50(43-18-8-5-14-37(43)38-15-6-9-19-44(38)50)45-20-11-17-41-40-28-26-36(31-48(40)53-49(41)45)51(34-24-22-33(23-25-34)32-12-3-2-4-13-32)35-27-29-47-42(30-35)39-16-7-10-21-46(39)52-47/h2-31H,1H3. The zero-order chi connectivity index (χ0) is 35.1. The van der Waals surface area contributed by atoms with Crippen LogP contribution in [0.25, 0.3) is 66.1 Å². The fraction of sp³-hybridized carbons (Fsp3) is 0.0400. The number of fused-ring (bicyclic) bond motifs is 9. The minimum Gasteiger partial charge on any atom is -0.456 e. The fourth-order valence-electron chi connectivity index (χ4n) is 8.80. The van der Waals surface area contributed by atoms with Crippen molar-refractivity contribution in [3.05, 3.63) is 199 Å². The summed E-state index contributed by atoms with van der Waals surface area (Å²) in [7, 11) is 0. The van der Waals surface area contributed by atoms with E-state index in [4.69, 9.17) is 8.83 Å². The van der Waals surface area contributed by atoms with E-state index in [9.17, 15) is 0 Å². The van der Waals surface area contributed by atoms with E-state index in [0.29, 0.717) is 0 Å². The first-order chi connectivity index (χ1) is 26.1. The van der Waals surface area contributed by atoms with Crippen LogP contribution in [0.15, 0.2) is 191 Å². The molecule has 1 aliphatic rings. The topological polar surface area (TPSA) is 29.5 Å². The third-order valence-electron chi connectivity index (χ3n) is 11.4. The molecule has 3 heteroatoms. The van der Waals surface area contributed by atoms with Gasteiger partial charge in [0.15, 0.2) is 0 Å². The highest BCUT2D eigenvalue weighted by molar-refractivity contribution is 6.09. The van der Waals surface area contributed by atoms with E-state index in [0.717, 1.165) is 60.9 Å². The highest BCUT2D eigenvalue weighted by Crippen LogP contribution is 2.54. The third kappa shape index (κ3) is 4.41. The molecule has 2 heterocycles. The van der Waals surface area contributed by atoms with Gasteiger partial charge in [-0.25, -0.2) is 0 Å². The Balaban J connectivity index is 1.10. The average molecular weight is 680 g/mol. The summed E-state index contributed by atoms with van der Waals surface area (Å²) >= 11 is 0. The molecular weight excluding hydrogens is 647 g/mol. The number of para-hydroxylation sites is 2. The lowest BCUT2D eigenvalue weighted by molar-refractivity contribution is 0.638. The summed E-state index contributed by atoms with van der Waals surface area (Å²) in [4.78, 5) is 2.31. The highest BCUT2D eigenvalue weighted by atomic mass is 16.3. The molecule has 0 fully saturated rings. The predicted octanol–water partition coefficient (Wildman–Crippen LogP) is 14.0. The number of nitrogens with zero attached hydrogens (tertiary/aromatic N) is 1. The molecule has 0 aliphatic heterocycles. The van der Waals surface area contributed by atoms with E-state index in [1.807, 2.05) is 12.1 Å². The van der Waals surface area contributed by atoms with E-state index < -0.39 is 0 Å². The molecule has 0 saturated carbocycles. The number of furan rings is 2. The zero-order valence-corrected chi connectivity index (χ0v) is 29.1. The van der Waals surface area contributed by atoms with Gasteiger partial charge in [0, 0.05) is 55.7 Å². The van der Waals surface area contributed by atoms with Crippen molar-refractivity contribution in [2.75, 3.05) is 4.90 Å². The maximum Gasteiger partial charge on any atom is 0.139 e. The first-order valence-electron chi connectivity index (χ1n) is 18.2. The van der Waals surface area contributed by atoms with Gasteiger partial charge in [0.05, 0.1) is 0 Å². The first-order valence-corrected chi connectivity index (χ1v) is 18.2. The predicted molar refractivity (Wildman–Crippen MR) is 219 cm³/mol. The monoisotopic (exact) mass is 679 g/mol. The number of anilines is 3. The van der Waals surface area contributed by atoms with E-state index in [2.05, 4.69) is 182 Å². The van der Waals surface area contributed by atoms with Crippen LogP contribution in [0, 0.1) is 0 Å². The van der Waals surface area contributed by atoms with Gasteiger partial charge < -0.3 is 13.7 Å². The molecule has 0 bridgehead atoms. The van der Waals surface area contributed by atoms with Crippen LogP contribution in [0.4, 0.5) is 17.1 Å². The van der Waals surface area contributed by atoms with Crippen LogP contribution in [0.3, 0.4) is 0 Å². The van der Waals surface area contributed by atoms with Crippen molar-refractivity contribution >= 4 is 60.9 Å². The minimum atomic E-state index is -0.362. The number of hydrogen-bond donors (Lipinski definition) is 0. The van der Waals surface area contributed by atoms with Crippen molar-refractivity contribution < 1.29 is 8.83 Å². The Labute approximate surface area is 307 Å². The van der Waals surface area contributed by atoms with Crippen LogP contribution in [0.1, 0.15) is 23.6 Å². The van der Waals surface area contributed by atoms with Gasteiger partial charge in [-0.1, -0.05) is 127 Å². The maximum absolute atomic E-state index is 7.00. The van der Waals surface area contributed by atoms with Gasteiger partial charge in [0.1, 0.15) is 22.3 Å². The normalized spacial score (nSPS) is 13.2. The van der Waals surface area contributed by atoms with E-state index in [1.165, 1.54) is 38.9 Å². The SMILES string of the molecule is CC1(c2cccc3c2oc2cc(N(c4ccc(-c5ccccc5)cc4)c4ccc5oc6ccccc6c5c4)ccc23)c2ccccc2-c2ccccc21. The molecule has 10 aromatic rings. The van der Waals surface area contributed by atoms with E-state index in [-0.39, 0.29) is 5.41 Å². The molecular formula is C50H33NO2. The Morgan fingerprint density at radius 3 is 1.74 bits per heavy atom. The molecule has 0 spiro atoms. The highest BCUT2D eigenvalue weighted by Gasteiger charge is 2.42. The molecule has 1 aliphatic carbocycles. The van der Waals surface area contributed by atoms with Crippen LogP contribution >= 0.6 is 0 Å². The van der Waals surface area contributed by atoms with Crippen molar-refractivity contribution in [1.82, 2.24) is 0 Å². The molecule has 0 unspecified atom stereocenters. The molecule has 53 heavy (non-hydrogen) atoms. The number of benzene rings is 8. The van der Waals surface area contributed by atoms with Crippen molar-refractivity contribution in [2.45, 2.75) is 12.3 Å². The molecule has 3 nitrogen and oxygen atoms in total. The molecule has 0 atom stereocenters. The Hall–Kier alpha value is -6.84. The second-order valence-electron chi connectivity index (χ2n) is 14.2. The summed E-state index contributed by atoms with van der Waals surface area (Å²) in [5.41, 5.74) is 15.0. The second kappa shape index (κ2) is 11.3. The molecule has 0 saturated heterocycles. The lowest BCUT2D eigenvalue weighted by Crippen LogP contribution is -2.22. The van der Waals surface area contributed by atoms with Crippen LogP contribution in [-0.4, -0.2) is 0 Å². The lowest BCUT2D eigenvalue weighted by Gasteiger charge is -2.28. The minimum absolute atomic E-state index is 0.362. The summed E-state index contributed by atoms with van der Waals surface area (Å²) < 4.78 is 13.2. The fourth-order valence-corrected chi connectivity index (χ4v) is 8.80. The smallest absolute Gasteiger partial charge is 0.139 e. The molecule has 0 amide bonds. The largest absolute Gasteiger partial charge is 0.456 e. The van der Waals surface area contributed by atoms with Crippen molar-refractivity contribution in [3.8, 4) is 22.3 Å². The van der Waals surface area contributed by atoms with Gasteiger partial charge in [-0.3, -0.25) is 0 Å². The van der Waals surface area contributed by atoms with Gasteiger partial charge >= 0.3 is 0 Å². The quantitative estimate of drug-likeness (QED) is 0.181. The van der Waals surface area contributed by atoms with E-state index >= 15 is 0 Å². The van der Waals surface area contributed by atoms with Crippen molar-refractivity contribution in [1.29, 1.82) is 0 Å². The zero-order valence-electron chi connectivity index (χ0n) is 29.1. The van der Waals surface area contributed by atoms with Gasteiger partial charge in [0.2, 0.25) is 0 Å². The molecule has 0 radical (unpaired) electrons. The summed E-state index contributed by atoms with van der Waals surface area (Å²) in [6.07, 6.45) is 0. The third-order valence-corrected chi connectivity index (χ3v) is 11.4. The van der Waals surface area contributed by atoms with Crippen LogP contribution in [-0.2, 0) is 5.41 Å². The Bertz CT molecular complexity index is 2980. The summed E-state index contributed by atoms with van der Waals surface area (Å²) in [6.45, 7) is 2.35. The summed E-state index contributed by atoms with van der Waals surface area (Å²) in [6, 6.07) is 64.9. The molecule has 8 aromatic carbocycles. The van der Waals surface area contributed by atoms with Crippen LogP contribution < -0.4 is 4.90 Å².